The zero-order valence-electron chi connectivity index (χ0n) is 16.2. The molecule has 4 N–H and O–H groups in total. The molecular weight excluding hydrogens is 280 g/mol. The van der Waals surface area contributed by atoms with E-state index in [-0.39, 0.29) is 0 Å². The van der Waals surface area contributed by atoms with Crippen LogP contribution in [0.5, 0.6) is 0 Å². The van der Waals surface area contributed by atoms with Gasteiger partial charge in [0.1, 0.15) is 0 Å². The predicted molar refractivity (Wildman–Crippen MR) is 105 cm³/mol. The summed E-state index contributed by atoms with van der Waals surface area (Å²) in [5, 5.41) is 0. The SMILES string of the molecule is CCCCCCCCCCCCCCCCCC/C(N)=C(/C)N. The molecule has 0 aliphatic carbocycles. The highest BCUT2D eigenvalue weighted by Crippen LogP contribution is 2.14. The second kappa shape index (κ2) is 17.7. The van der Waals surface area contributed by atoms with Gasteiger partial charge in [0.2, 0.25) is 0 Å². The van der Waals surface area contributed by atoms with Gasteiger partial charge in [0.05, 0.1) is 0 Å². The Labute approximate surface area is 146 Å². The highest BCUT2D eigenvalue weighted by Gasteiger charge is 1.96. The van der Waals surface area contributed by atoms with Crippen LogP contribution in [-0.2, 0) is 0 Å². The monoisotopic (exact) mass is 324 g/mol. The summed E-state index contributed by atoms with van der Waals surface area (Å²) in [5.41, 5.74) is 13.2. The molecule has 0 saturated heterocycles. The second-order valence-corrected chi connectivity index (χ2v) is 7.26. The van der Waals surface area contributed by atoms with Gasteiger partial charge in [0.25, 0.3) is 0 Å². The molecule has 0 atom stereocenters. The maximum Gasteiger partial charge on any atom is 0.0268 e. The Morgan fingerprint density at radius 1 is 0.522 bits per heavy atom. The molecule has 0 unspecified atom stereocenters. The molecule has 0 aliphatic rings. The molecule has 0 saturated carbocycles. The van der Waals surface area contributed by atoms with Crippen LogP contribution in [0.25, 0.3) is 0 Å². The first-order valence-corrected chi connectivity index (χ1v) is 10.4. The maximum atomic E-state index is 5.83. The molecule has 0 bridgehead atoms. The van der Waals surface area contributed by atoms with Crippen LogP contribution in [0.4, 0.5) is 0 Å². The predicted octanol–water partition coefficient (Wildman–Crippen LogP) is 6.79. The number of unbranched alkanes of at least 4 members (excludes halogenated alkanes) is 15. The Balaban J connectivity index is 3.07. The minimum atomic E-state index is 0.797. The van der Waals surface area contributed by atoms with Crippen molar-refractivity contribution in [1.82, 2.24) is 0 Å². The summed E-state index contributed by atoms with van der Waals surface area (Å²) in [4.78, 5) is 0. The molecule has 0 aromatic rings. The van der Waals surface area contributed by atoms with Gasteiger partial charge in [-0.15, -0.1) is 0 Å². The average molecular weight is 325 g/mol. The number of hydrogen-bond donors (Lipinski definition) is 2. The van der Waals surface area contributed by atoms with Gasteiger partial charge in [0, 0.05) is 11.4 Å². The fraction of sp³-hybridized carbons (Fsp3) is 0.905. The van der Waals surface area contributed by atoms with E-state index in [1.165, 1.54) is 103 Å². The van der Waals surface area contributed by atoms with Crippen LogP contribution >= 0.6 is 0 Å². The first-order chi connectivity index (χ1) is 11.2. The van der Waals surface area contributed by atoms with E-state index >= 15 is 0 Å². The lowest BCUT2D eigenvalue weighted by Crippen LogP contribution is -2.06. The van der Waals surface area contributed by atoms with Crippen molar-refractivity contribution in [2.45, 2.75) is 123 Å². The quantitative estimate of drug-likeness (QED) is 0.289. The van der Waals surface area contributed by atoms with Gasteiger partial charge in [-0.25, -0.2) is 0 Å². The van der Waals surface area contributed by atoms with E-state index in [9.17, 15) is 0 Å². The summed E-state index contributed by atoms with van der Waals surface area (Å²) < 4.78 is 0. The van der Waals surface area contributed by atoms with Crippen LogP contribution < -0.4 is 11.5 Å². The highest BCUT2D eigenvalue weighted by atomic mass is 14.7. The smallest absolute Gasteiger partial charge is 0.0268 e. The summed E-state index contributed by atoms with van der Waals surface area (Å²) in [5.74, 6) is 0. The van der Waals surface area contributed by atoms with Crippen molar-refractivity contribution in [3.05, 3.63) is 11.4 Å². The normalized spacial score (nSPS) is 12.4. The molecule has 23 heavy (non-hydrogen) atoms. The van der Waals surface area contributed by atoms with E-state index in [0.29, 0.717) is 0 Å². The van der Waals surface area contributed by atoms with Crippen molar-refractivity contribution >= 4 is 0 Å². The molecule has 138 valence electrons. The van der Waals surface area contributed by atoms with E-state index in [1.54, 1.807) is 0 Å². The Hall–Kier alpha value is -0.660. The minimum absolute atomic E-state index is 0.797. The van der Waals surface area contributed by atoms with Gasteiger partial charge in [-0.1, -0.05) is 103 Å². The molecule has 2 heteroatoms. The van der Waals surface area contributed by atoms with E-state index in [0.717, 1.165) is 17.8 Å². The number of allylic oxidation sites excluding steroid dienone is 2. The van der Waals surface area contributed by atoms with Crippen LogP contribution in [0.1, 0.15) is 123 Å². The molecule has 0 aromatic carbocycles. The van der Waals surface area contributed by atoms with Crippen molar-refractivity contribution in [2.24, 2.45) is 11.5 Å². The molecule has 0 aromatic heterocycles. The standard InChI is InChI=1S/C21H44N2/c1-3-4-5-6-7-8-9-10-11-12-13-14-15-16-17-18-19-21(23)20(2)22/h3-19,22-23H2,1-2H3/b21-20+. The van der Waals surface area contributed by atoms with E-state index < -0.39 is 0 Å². The minimum Gasteiger partial charge on any atom is -0.401 e. The van der Waals surface area contributed by atoms with Crippen LogP contribution in [0.15, 0.2) is 11.4 Å². The third kappa shape index (κ3) is 17.5. The van der Waals surface area contributed by atoms with E-state index in [2.05, 4.69) is 6.92 Å². The number of rotatable bonds is 17. The fourth-order valence-electron chi connectivity index (χ4n) is 3.06. The lowest BCUT2D eigenvalue weighted by atomic mass is 10.0. The van der Waals surface area contributed by atoms with E-state index in [4.69, 9.17) is 11.5 Å². The zero-order chi connectivity index (χ0) is 17.2. The average Bonchev–Trinajstić information content (AvgIpc) is 2.54. The first kappa shape index (κ1) is 22.3. The Morgan fingerprint density at radius 2 is 0.826 bits per heavy atom. The number of hydrogen-bond acceptors (Lipinski definition) is 2. The molecule has 0 amide bonds. The molecule has 0 rings (SSSR count). The molecule has 0 fully saturated rings. The van der Waals surface area contributed by atoms with Crippen molar-refractivity contribution < 1.29 is 0 Å². The van der Waals surface area contributed by atoms with Crippen LogP contribution in [0, 0.1) is 0 Å². The van der Waals surface area contributed by atoms with Gasteiger partial charge < -0.3 is 11.5 Å². The topological polar surface area (TPSA) is 52.0 Å². The van der Waals surface area contributed by atoms with Crippen LogP contribution in [0.2, 0.25) is 0 Å². The molecule has 0 spiro atoms. The van der Waals surface area contributed by atoms with Crippen molar-refractivity contribution in [2.75, 3.05) is 0 Å². The second-order valence-electron chi connectivity index (χ2n) is 7.26. The van der Waals surface area contributed by atoms with Crippen LogP contribution in [0.3, 0.4) is 0 Å². The fourth-order valence-corrected chi connectivity index (χ4v) is 3.06. The molecule has 0 radical (unpaired) electrons. The summed E-state index contributed by atoms with van der Waals surface area (Å²) in [6.45, 7) is 4.18. The lowest BCUT2D eigenvalue weighted by Gasteiger charge is -2.05. The molecular formula is C21H44N2. The van der Waals surface area contributed by atoms with E-state index in [1.807, 2.05) is 6.92 Å². The maximum absolute atomic E-state index is 5.83. The molecule has 0 aliphatic heterocycles. The lowest BCUT2D eigenvalue weighted by molar-refractivity contribution is 0.529. The summed E-state index contributed by atoms with van der Waals surface area (Å²) in [6.07, 6.45) is 23.5. The van der Waals surface area contributed by atoms with Gasteiger partial charge in [-0.05, 0) is 19.8 Å². The van der Waals surface area contributed by atoms with Crippen molar-refractivity contribution in [3.8, 4) is 0 Å². The highest BCUT2D eigenvalue weighted by molar-refractivity contribution is 5.03. The third-order valence-electron chi connectivity index (χ3n) is 4.81. The van der Waals surface area contributed by atoms with Crippen LogP contribution in [-0.4, -0.2) is 0 Å². The molecule has 0 heterocycles. The molecule has 2 nitrogen and oxygen atoms in total. The largest absolute Gasteiger partial charge is 0.401 e. The summed E-state index contributed by atoms with van der Waals surface area (Å²) >= 11 is 0. The zero-order valence-corrected chi connectivity index (χ0v) is 16.2. The Kier molecular flexibility index (Phi) is 17.2. The van der Waals surface area contributed by atoms with Crippen molar-refractivity contribution in [1.29, 1.82) is 0 Å². The van der Waals surface area contributed by atoms with Gasteiger partial charge in [-0.3, -0.25) is 0 Å². The Bertz CT molecular complexity index is 267. The van der Waals surface area contributed by atoms with Gasteiger partial charge >= 0.3 is 0 Å². The van der Waals surface area contributed by atoms with Gasteiger partial charge in [0.15, 0.2) is 0 Å². The summed E-state index contributed by atoms with van der Waals surface area (Å²) in [6, 6.07) is 0. The Morgan fingerprint density at radius 3 is 1.13 bits per heavy atom. The van der Waals surface area contributed by atoms with Gasteiger partial charge in [-0.2, -0.15) is 0 Å². The third-order valence-corrected chi connectivity index (χ3v) is 4.81. The number of nitrogens with two attached hydrogens (primary N) is 2. The summed E-state index contributed by atoms with van der Waals surface area (Å²) in [7, 11) is 0. The van der Waals surface area contributed by atoms with Crippen molar-refractivity contribution in [3.63, 3.8) is 0 Å². The first-order valence-electron chi connectivity index (χ1n) is 10.4.